The number of aromatic nitrogens is 2. The van der Waals surface area contributed by atoms with Gasteiger partial charge < -0.3 is 4.40 Å². The van der Waals surface area contributed by atoms with E-state index in [1.165, 1.54) is 0 Å². The van der Waals surface area contributed by atoms with Gasteiger partial charge in [0.05, 0.1) is 10.7 Å². The highest BCUT2D eigenvalue weighted by Crippen LogP contribution is 2.17. The lowest BCUT2D eigenvalue weighted by atomic mass is 10.3. The normalized spacial score (nSPS) is 10.7. The topological polar surface area (TPSA) is 17.3 Å². The first-order chi connectivity index (χ1) is 6.70. The number of imidazole rings is 1. The summed E-state index contributed by atoms with van der Waals surface area (Å²) >= 11 is 9.21. The molecule has 0 amide bonds. The number of rotatable bonds is 2. The van der Waals surface area contributed by atoms with Crippen molar-refractivity contribution in [3.05, 3.63) is 41.8 Å². The van der Waals surface area contributed by atoms with Crippen molar-refractivity contribution < 1.29 is 0 Å². The largest absolute Gasteiger partial charge is 0.305 e. The van der Waals surface area contributed by atoms with Crippen LogP contribution in [0.3, 0.4) is 0 Å². The van der Waals surface area contributed by atoms with E-state index in [1.807, 2.05) is 28.9 Å². The minimum absolute atomic E-state index is 0.700. The van der Waals surface area contributed by atoms with Gasteiger partial charge in [-0.05, 0) is 17.7 Å². The van der Waals surface area contributed by atoms with Gasteiger partial charge in [-0.1, -0.05) is 34.1 Å². The molecule has 0 aliphatic rings. The number of nitrogens with zero attached hydrogens (tertiary/aromatic N) is 2. The molecule has 0 N–H and O–H groups in total. The van der Waals surface area contributed by atoms with Crippen LogP contribution < -0.4 is 0 Å². The molecule has 0 unspecified atom stereocenters. The molecular weight excluding hydrogens is 263 g/mol. The van der Waals surface area contributed by atoms with E-state index < -0.39 is 0 Å². The Kier molecular flexibility index (Phi) is 2.61. The zero-order valence-corrected chi connectivity index (χ0v) is 9.72. The third kappa shape index (κ3) is 1.70. The number of hydrogen-bond donors (Lipinski definition) is 0. The van der Waals surface area contributed by atoms with Crippen molar-refractivity contribution in [1.82, 2.24) is 9.38 Å². The molecular formula is C10H8BrClN2. The molecule has 0 fully saturated rings. The van der Waals surface area contributed by atoms with Crippen molar-refractivity contribution in [3.63, 3.8) is 0 Å². The van der Waals surface area contributed by atoms with E-state index in [-0.39, 0.29) is 0 Å². The van der Waals surface area contributed by atoms with Crippen LogP contribution in [0.15, 0.2) is 31.1 Å². The SMILES string of the molecule is C=C(CBr)c1cn2cc(Cl)ccc2n1. The van der Waals surface area contributed by atoms with Gasteiger partial charge in [-0.3, -0.25) is 0 Å². The zero-order chi connectivity index (χ0) is 10.1. The van der Waals surface area contributed by atoms with Crippen molar-refractivity contribution in [2.45, 2.75) is 0 Å². The van der Waals surface area contributed by atoms with Crippen LogP contribution in [0.4, 0.5) is 0 Å². The molecule has 0 atom stereocenters. The summed E-state index contributed by atoms with van der Waals surface area (Å²) < 4.78 is 1.89. The minimum atomic E-state index is 0.700. The smallest absolute Gasteiger partial charge is 0.137 e. The Balaban J connectivity index is 2.56. The van der Waals surface area contributed by atoms with Crippen LogP contribution in [0, 0.1) is 0 Å². The summed E-state index contributed by atoms with van der Waals surface area (Å²) in [6.07, 6.45) is 3.75. The molecule has 0 saturated heterocycles. The van der Waals surface area contributed by atoms with Crippen molar-refractivity contribution in [2.24, 2.45) is 0 Å². The van der Waals surface area contributed by atoms with Crippen LogP contribution in [-0.4, -0.2) is 14.7 Å². The fraction of sp³-hybridized carbons (Fsp3) is 0.100. The van der Waals surface area contributed by atoms with E-state index in [2.05, 4.69) is 27.5 Å². The average molecular weight is 272 g/mol. The Labute approximate surface area is 95.3 Å². The molecule has 0 radical (unpaired) electrons. The second-order valence-corrected chi connectivity index (χ2v) is 3.97. The minimum Gasteiger partial charge on any atom is -0.305 e. The van der Waals surface area contributed by atoms with Crippen molar-refractivity contribution >= 4 is 38.8 Å². The van der Waals surface area contributed by atoms with Gasteiger partial charge in [0.2, 0.25) is 0 Å². The molecule has 2 rings (SSSR count). The van der Waals surface area contributed by atoms with Crippen LogP contribution in [0.2, 0.25) is 5.02 Å². The van der Waals surface area contributed by atoms with Gasteiger partial charge in [-0.25, -0.2) is 4.98 Å². The molecule has 2 aromatic heterocycles. The lowest BCUT2D eigenvalue weighted by Crippen LogP contribution is -1.81. The molecule has 0 saturated carbocycles. The quantitative estimate of drug-likeness (QED) is 0.765. The highest BCUT2D eigenvalue weighted by atomic mass is 79.9. The first-order valence-corrected chi connectivity index (χ1v) is 5.59. The van der Waals surface area contributed by atoms with Gasteiger partial charge in [-0.15, -0.1) is 0 Å². The van der Waals surface area contributed by atoms with Crippen LogP contribution in [0.5, 0.6) is 0 Å². The molecule has 4 heteroatoms. The van der Waals surface area contributed by atoms with Gasteiger partial charge >= 0.3 is 0 Å². The van der Waals surface area contributed by atoms with Gasteiger partial charge in [0.25, 0.3) is 0 Å². The van der Waals surface area contributed by atoms with Crippen molar-refractivity contribution in [1.29, 1.82) is 0 Å². The molecule has 14 heavy (non-hydrogen) atoms. The van der Waals surface area contributed by atoms with Crippen molar-refractivity contribution in [3.8, 4) is 0 Å². The summed E-state index contributed by atoms with van der Waals surface area (Å²) in [5.74, 6) is 0. The van der Waals surface area contributed by atoms with E-state index in [0.29, 0.717) is 5.02 Å². The average Bonchev–Trinajstić information content (AvgIpc) is 2.59. The molecule has 2 nitrogen and oxygen atoms in total. The number of halogens is 2. The summed E-state index contributed by atoms with van der Waals surface area (Å²) in [7, 11) is 0. The van der Waals surface area contributed by atoms with E-state index in [1.54, 1.807) is 0 Å². The lowest BCUT2D eigenvalue weighted by Gasteiger charge is -1.92. The predicted octanol–water partition coefficient (Wildman–Crippen LogP) is 3.40. The van der Waals surface area contributed by atoms with Gasteiger partial charge in [0.1, 0.15) is 5.65 Å². The van der Waals surface area contributed by atoms with E-state index in [4.69, 9.17) is 11.6 Å². The van der Waals surface area contributed by atoms with Crippen LogP contribution in [0.1, 0.15) is 5.69 Å². The standard InChI is InChI=1S/C10H8BrClN2/c1-7(4-11)9-6-14-5-8(12)2-3-10(14)13-9/h2-3,5-6H,1,4H2. The third-order valence-corrected chi connectivity index (χ3v) is 2.84. The summed E-state index contributed by atoms with van der Waals surface area (Å²) in [6.45, 7) is 3.91. The highest BCUT2D eigenvalue weighted by molar-refractivity contribution is 9.09. The van der Waals surface area contributed by atoms with Crippen LogP contribution >= 0.6 is 27.5 Å². The zero-order valence-electron chi connectivity index (χ0n) is 7.37. The Morgan fingerprint density at radius 1 is 1.50 bits per heavy atom. The summed E-state index contributed by atoms with van der Waals surface area (Å²) in [4.78, 5) is 4.40. The Bertz CT molecular complexity index is 490. The van der Waals surface area contributed by atoms with Crippen LogP contribution in [0.25, 0.3) is 11.2 Å². The third-order valence-electron chi connectivity index (χ3n) is 1.94. The van der Waals surface area contributed by atoms with Gasteiger partial charge in [0.15, 0.2) is 0 Å². The first-order valence-electron chi connectivity index (χ1n) is 4.09. The van der Waals surface area contributed by atoms with E-state index in [0.717, 1.165) is 22.2 Å². The number of hydrogen-bond acceptors (Lipinski definition) is 1. The second-order valence-electron chi connectivity index (χ2n) is 2.98. The summed E-state index contributed by atoms with van der Waals surface area (Å²) in [6, 6.07) is 3.71. The number of alkyl halides is 1. The number of allylic oxidation sites excluding steroid dienone is 1. The molecule has 0 spiro atoms. The molecule has 0 aliphatic heterocycles. The summed E-state index contributed by atoms with van der Waals surface area (Å²) in [5, 5.41) is 1.43. The molecule has 0 bridgehead atoms. The maximum atomic E-state index is 5.86. The maximum Gasteiger partial charge on any atom is 0.137 e. The molecule has 2 heterocycles. The molecule has 0 aromatic carbocycles. The van der Waals surface area contributed by atoms with E-state index >= 15 is 0 Å². The maximum absolute atomic E-state index is 5.86. The second kappa shape index (κ2) is 3.75. The van der Waals surface area contributed by atoms with Crippen LogP contribution in [-0.2, 0) is 0 Å². The fourth-order valence-electron chi connectivity index (χ4n) is 1.20. The Hall–Kier alpha value is -0.800. The first kappa shape index (κ1) is 9.74. The fourth-order valence-corrected chi connectivity index (χ4v) is 1.66. The Morgan fingerprint density at radius 3 is 3.00 bits per heavy atom. The highest BCUT2D eigenvalue weighted by Gasteiger charge is 2.03. The predicted molar refractivity (Wildman–Crippen MR) is 63.0 cm³/mol. The summed E-state index contributed by atoms with van der Waals surface area (Å²) in [5.41, 5.74) is 2.74. The number of pyridine rings is 1. The molecule has 2 aromatic rings. The van der Waals surface area contributed by atoms with Crippen molar-refractivity contribution in [2.75, 3.05) is 5.33 Å². The molecule has 72 valence electrons. The van der Waals surface area contributed by atoms with E-state index in [9.17, 15) is 0 Å². The Morgan fingerprint density at radius 2 is 2.29 bits per heavy atom. The van der Waals surface area contributed by atoms with Gasteiger partial charge in [0, 0.05) is 17.7 Å². The number of fused-ring (bicyclic) bond motifs is 1. The monoisotopic (exact) mass is 270 g/mol. The molecule has 0 aliphatic carbocycles. The van der Waals surface area contributed by atoms with Gasteiger partial charge in [-0.2, -0.15) is 0 Å². The lowest BCUT2D eigenvalue weighted by molar-refractivity contribution is 1.19.